The second kappa shape index (κ2) is 7.82. The lowest BCUT2D eigenvalue weighted by Crippen LogP contribution is -2.33. The molecule has 136 valence electrons. The number of aromatic nitrogens is 4. The molecule has 0 bridgehead atoms. The lowest BCUT2D eigenvalue weighted by atomic mass is 10.0. The number of hydrogen-bond donors (Lipinski definition) is 3. The largest absolute Gasteiger partial charge is 0.446 e. The minimum atomic E-state index is -0.368. The zero-order valence-corrected chi connectivity index (χ0v) is 14.7. The number of amides is 1. The highest BCUT2D eigenvalue weighted by Crippen LogP contribution is 2.36. The van der Waals surface area contributed by atoms with Crippen molar-refractivity contribution in [3.8, 4) is 6.07 Å². The number of nitrogens with zero attached hydrogens (tertiary/aromatic N) is 4. The molecule has 1 aliphatic carbocycles. The molecule has 2 atom stereocenters. The van der Waals surface area contributed by atoms with Gasteiger partial charge in [0.25, 0.3) is 0 Å². The fourth-order valence-corrected chi connectivity index (χ4v) is 2.96. The average molecular weight is 355 g/mol. The van der Waals surface area contributed by atoms with E-state index in [1.165, 1.54) is 12.3 Å². The van der Waals surface area contributed by atoms with Crippen LogP contribution in [0, 0.1) is 11.3 Å². The molecule has 1 aliphatic rings. The zero-order valence-electron chi connectivity index (χ0n) is 14.7. The van der Waals surface area contributed by atoms with Crippen LogP contribution in [0.3, 0.4) is 0 Å². The summed E-state index contributed by atoms with van der Waals surface area (Å²) in [5.41, 5.74) is 1.26. The van der Waals surface area contributed by atoms with Gasteiger partial charge in [0.05, 0.1) is 0 Å². The number of carbonyl (C=O) groups excluding carboxylic acids is 1. The van der Waals surface area contributed by atoms with Gasteiger partial charge in [-0.1, -0.05) is 0 Å². The van der Waals surface area contributed by atoms with Gasteiger partial charge >= 0.3 is 6.09 Å². The first-order valence-electron chi connectivity index (χ1n) is 8.56. The minimum absolute atomic E-state index is 0.0581. The number of aromatic amines is 1. The predicted molar refractivity (Wildman–Crippen MR) is 93.8 cm³/mol. The summed E-state index contributed by atoms with van der Waals surface area (Å²) in [4.78, 5) is 19.8. The predicted octanol–water partition coefficient (Wildman–Crippen LogP) is 2.59. The van der Waals surface area contributed by atoms with E-state index >= 15 is 0 Å². The third-order valence-electron chi connectivity index (χ3n) is 4.11. The number of rotatable bonds is 5. The Morgan fingerprint density at radius 3 is 3.08 bits per heavy atom. The Morgan fingerprint density at radius 1 is 1.46 bits per heavy atom. The van der Waals surface area contributed by atoms with Gasteiger partial charge in [0.15, 0.2) is 5.82 Å². The van der Waals surface area contributed by atoms with Crippen molar-refractivity contribution in [2.45, 2.75) is 51.2 Å². The molecule has 0 unspecified atom stereocenters. The Labute approximate surface area is 151 Å². The van der Waals surface area contributed by atoms with Crippen LogP contribution >= 0.6 is 0 Å². The molecule has 2 aromatic heterocycles. The molecular weight excluding hydrogens is 334 g/mol. The molecule has 1 fully saturated rings. The molecule has 0 spiro atoms. The summed E-state index contributed by atoms with van der Waals surface area (Å²) in [6.07, 6.45) is 3.56. The monoisotopic (exact) mass is 355 g/mol. The molecule has 2 heterocycles. The standard InChI is InChI=1S/C17H21N7O2/c1-10(2)20-17(25)26-13-4-3-11(7-13)14-8-15(24-23-14)22-16-19-6-5-12(9-18)21-16/h5-6,8,10-11,13H,3-4,7H2,1-2H3,(H,20,25)(H2,19,21,22,23,24)/t11-,13+/m0/s1. The number of H-pyrrole nitrogens is 1. The first-order valence-corrected chi connectivity index (χ1v) is 8.56. The summed E-state index contributed by atoms with van der Waals surface area (Å²) in [5, 5.41) is 21.8. The highest BCUT2D eigenvalue weighted by atomic mass is 16.6. The molecular formula is C17H21N7O2. The van der Waals surface area contributed by atoms with E-state index in [2.05, 4.69) is 30.8 Å². The van der Waals surface area contributed by atoms with Crippen LogP contribution in [0.5, 0.6) is 0 Å². The van der Waals surface area contributed by atoms with Crippen LogP contribution in [0.2, 0.25) is 0 Å². The van der Waals surface area contributed by atoms with Crippen molar-refractivity contribution in [1.29, 1.82) is 5.26 Å². The van der Waals surface area contributed by atoms with E-state index in [0.29, 0.717) is 11.8 Å². The molecule has 0 aromatic carbocycles. The Hall–Kier alpha value is -3.15. The van der Waals surface area contributed by atoms with Crippen LogP contribution < -0.4 is 10.6 Å². The van der Waals surface area contributed by atoms with Crippen molar-refractivity contribution in [3.05, 3.63) is 29.7 Å². The number of alkyl carbamates (subject to hydrolysis) is 1. The maximum absolute atomic E-state index is 11.7. The minimum Gasteiger partial charge on any atom is -0.446 e. The number of carbonyl (C=O) groups is 1. The normalized spacial score (nSPS) is 19.2. The Kier molecular flexibility index (Phi) is 5.31. The molecule has 1 amide bonds. The average Bonchev–Trinajstić information content (AvgIpc) is 3.23. The van der Waals surface area contributed by atoms with E-state index in [1.54, 1.807) is 0 Å². The lowest BCUT2D eigenvalue weighted by Gasteiger charge is -2.14. The molecule has 9 nitrogen and oxygen atoms in total. The van der Waals surface area contributed by atoms with Crippen LogP contribution in [0.15, 0.2) is 18.3 Å². The summed E-state index contributed by atoms with van der Waals surface area (Å²) in [7, 11) is 0. The molecule has 0 aliphatic heterocycles. The van der Waals surface area contributed by atoms with Crippen LogP contribution in [0.25, 0.3) is 0 Å². The van der Waals surface area contributed by atoms with Gasteiger partial charge < -0.3 is 15.4 Å². The van der Waals surface area contributed by atoms with Gasteiger partial charge in [0, 0.05) is 29.9 Å². The second-order valence-corrected chi connectivity index (χ2v) is 6.55. The number of nitrogens with one attached hydrogen (secondary N) is 3. The van der Waals surface area contributed by atoms with Gasteiger partial charge in [-0.25, -0.2) is 14.8 Å². The van der Waals surface area contributed by atoms with Crippen molar-refractivity contribution in [2.24, 2.45) is 0 Å². The van der Waals surface area contributed by atoms with E-state index < -0.39 is 0 Å². The Morgan fingerprint density at radius 2 is 2.31 bits per heavy atom. The lowest BCUT2D eigenvalue weighted by molar-refractivity contribution is 0.0981. The van der Waals surface area contributed by atoms with Crippen LogP contribution in [0.1, 0.15) is 50.4 Å². The SMILES string of the molecule is CC(C)NC(=O)O[C@@H]1CC[C@H](c2cc(Nc3nccc(C#N)n3)n[nH]2)C1. The van der Waals surface area contributed by atoms with Crippen molar-refractivity contribution in [2.75, 3.05) is 5.32 Å². The summed E-state index contributed by atoms with van der Waals surface area (Å²) in [6, 6.07) is 5.46. The molecule has 2 aromatic rings. The highest BCUT2D eigenvalue weighted by molar-refractivity contribution is 5.67. The molecule has 0 radical (unpaired) electrons. The molecule has 0 saturated heterocycles. The topological polar surface area (TPSA) is 129 Å². The van der Waals surface area contributed by atoms with Gasteiger partial charge in [0.1, 0.15) is 17.9 Å². The zero-order chi connectivity index (χ0) is 18.5. The van der Waals surface area contributed by atoms with E-state index in [-0.39, 0.29) is 29.9 Å². The molecule has 3 N–H and O–H groups in total. The van der Waals surface area contributed by atoms with E-state index in [0.717, 1.165) is 25.0 Å². The van der Waals surface area contributed by atoms with Crippen molar-refractivity contribution in [3.63, 3.8) is 0 Å². The number of anilines is 2. The smallest absolute Gasteiger partial charge is 0.407 e. The molecule has 1 saturated carbocycles. The van der Waals surface area contributed by atoms with Gasteiger partial charge in [-0.15, -0.1) is 0 Å². The number of hydrogen-bond acceptors (Lipinski definition) is 7. The summed E-state index contributed by atoms with van der Waals surface area (Å²) < 4.78 is 5.45. The first-order chi connectivity index (χ1) is 12.5. The third kappa shape index (κ3) is 4.47. The highest BCUT2D eigenvalue weighted by Gasteiger charge is 2.30. The fraction of sp³-hybridized carbons (Fsp3) is 0.471. The molecule has 9 heteroatoms. The van der Waals surface area contributed by atoms with Crippen molar-refractivity contribution in [1.82, 2.24) is 25.5 Å². The fourth-order valence-electron chi connectivity index (χ4n) is 2.96. The Balaban J connectivity index is 1.57. The molecule has 26 heavy (non-hydrogen) atoms. The van der Waals surface area contributed by atoms with Crippen LogP contribution in [-0.2, 0) is 4.74 Å². The summed E-state index contributed by atoms with van der Waals surface area (Å²) in [6.45, 7) is 3.79. The van der Waals surface area contributed by atoms with Gasteiger partial charge in [-0.05, 0) is 39.2 Å². The van der Waals surface area contributed by atoms with Gasteiger partial charge in [-0.3, -0.25) is 5.10 Å². The number of ether oxygens (including phenoxy) is 1. The van der Waals surface area contributed by atoms with Crippen LogP contribution in [0.4, 0.5) is 16.6 Å². The quantitative estimate of drug-likeness (QED) is 0.751. The first kappa shape index (κ1) is 17.7. The Bertz CT molecular complexity index is 811. The summed E-state index contributed by atoms with van der Waals surface area (Å²) >= 11 is 0. The maximum atomic E-state index is 11.7. The van der Waals surface area contributed by atoms with Crippen LogP contribution in [-0.4, -0.2) is 38.4 Å². The number of nitriles is 1. The molecule has 3 rings (SSSR count). The summed E-state index contributed by atoms with van der Waals surface area (Å²) in [5.74, 6) is 1.15. The van der Waals surface area contributed by atoms with E-state index in [9.17, 15) is 4.79 Å². The van der Waals surface area contributed by atoms with Gasteiger partial charge in [-0.2, -0.15) is 10.4 Å². The van der Waals surface area contributed by atoms with Crippen molar-refractivity contribution >= 4 is 17.9 Å². The maximum Gasteiger partial charge on any atom is 0.407 e. The van der Waals surface area contributed by atoms with Crippen molar-refractivity contribution < 1.29 is 9.53 Å². The van der Waals surface area contributed by atoms with Gasteiger partial charge in [0.2, 0.25) is 5.95 Å². The van der Waals surface area contributed by atoms with E-state index in [4.69, 9.17) is 10.00 Å². The van der Waals surface area contributed by atoms with E-state index in [1.807, 2.05) is 26.0 Å². The third-order valence-corrected chi connectivity index (χ3v) is 4.11. The second-order valence-electron chi connectivity index (χ2n) is 6.55.